The summed E-state index contributed by atoms with van der Waals surface area (Å²) < 4.78 is 5.14. The van der Waals surface area contributed by atoms with E-state index in [0.717, 1.165) is 30.7 Å². The van der Waals surface area contributed by atoms with Crippen molar-refractivity contribution in [3.8, 4) is 5.75 Å². The molecule has 1 fully saturated rings. The van der Waals surface area contributed by atoms with Crippen molar-refractivity contribution in [1.82, 2.24) is 10.2 Å². The molecule has 1 saturated heterocycles. The monoisotopic (exact) mass is 357 g/mol. The molecule has 0 atom stereocenters. The average molecular weight is 357 g/mol. The number of urea groups is 1. The van der Waals surface area contributed by atoms with Gasteiger partial charge in [-0.1, -0.05) is 11.6 Å². The van der Waals surface area contributed by atoms with Crippen LogP contribution in [0.15, 0.2) is 35.9 Å². The number of nitrogens with zero attached hydrogens (tertiary/aromatic N) is 2. The van der Waals surface area contributed by atoms with Crippen LogP contribution in [0.25, 0.3) is 0 Å². The lowest BCUT2D eigenvalue weighted by Crippen LogP contribution is -2.40. The first-order chi connectivity index (χ1) is 12.7. The fourth-order valence-corrected chi connectivity index (χ4v) is 3.45. The van der Waals surface area contributed by atoms with E-state index in [1.165, 1.54) is 18.4 Å². The lowest BCUT2D eigenvalue weighted by atomic mass is 9.97. The quantitative estimate of drug-likeness (QED) is 0.763. The Morgan fingerprint density at radius 2 is 2.00 bits per heavy atom. The highest BCUT2D eigenvalue weighted by atomic mass is 16.5. The highest BCUT2D eigenvalue weighted by Gasteiger charge is 2.30. The second kappa shape index (κ2) is 8.74. The van der Waals surface area contributed by atoms with Crippen LogP contribution in [0.3, 0.4) is 0 Å². The van der Waals surface area contributed by atoms with Crippen molar-refractivity contribution < 1.29 is 14.3 Å². The standard InChI is InChI=1S/C20H27N3O3/c1-26-18-9-7-17(8-10-18)23-14-13-22(20(23)25)15-19(24)21-12-11-16-5-3-2-4-6-16/h5,7-10H,2-4,6,11-15H2,1H3,(H,21,24). The summed E-state index contributed by atoms with van der Waals surface area (Å²) in [6, 6.07) is 7.26. The highest BCUT2D eigenvalue weighted by Crippen LogP contribution is 2.23. The van der Waals surface area contributed by atoms with Crippen LogP contribution in [0.2, 0.25) is 0 Å². The minimum atomic E-state index is -0.125. The summed E-state index contributed by atoms with van der Waals surface area (Å²) in [6.45, 7) is 1.91. The molecular formula is C20H27N3O3. The van der Waals surface area contributed by atoms with Gasteiger partial charge in [-0.3, -0.25) is 9.69 Å². The Morgan fingerprint density at radius 3 is 2.69 bits per heavy atom. The summed E-state index contributed by atoms with van der Waals surface area (Å²) in [5.41, 5.74) is 2.27. The molecule has 0 spiro atoms. The molecule has 6 nitrogen and oxygen atoms in total. The van der Waals surface area contributed by atoms with Gasteiger partial charge >= 0.3 is 6.03 Å². The molecule has 0 saturated carbocycles. The summed E-state index contributed by atoms with van der Waals surface area (Å²) in [5, 5.41) is 2.94. The first-order valence-corrected chi connectivity index (χ1v) is 9.32. The Bertz CT molecular complexity index is 669. The van der Waals surface area contributed by atoms with E-state index in [0.29, 0.717) is 19.6 Å². The van der Waals surface area contributed by atoms with Gasteiger partial charge in [0.05, 0.1) is 7.11 Å². The average Bonchev–Trinajstić information content (AvgIpc) is 3.03. The topological polar surface area (TPSA) is 61.9 Å². The van der Waals surface area contributed by atoms with Crippen molar-refractivity contribution in [2.24, 2.45) is 0 Å². The van der Waals surface area contributed by atoms with Crippen LogP contribution in [0.1, 0.15) is 32.1 Å². The van der Waals surface area contributed by atoms with E-state index in [-0.39, 0.29) is 18.5 Å². The number of methoxy groups -OCH3 is 1. The number of carbonyl (C=O) groups is 2. The van der Waals surface area contributed by atoms with Gasteiger partial charge in [-0.05, 0) is 56.4 Å². The minimum absolute atomic E-state index is 0.0914. The number of rotatable bonds is 7. The van der Waals surface area contributed by atoms with Gasteiger partial charge in [0, 0.05) is 25.3 Å². The second-order valence-electron chi connectivity index (χ2n) is 6.76. The highest BCUT2D eigenvalue weighted by molar-refractivity contribution is 5.96. The zero-order valence-electron chi connectivity index (χ0n) is 15.4. The van der Waals surface area contributed by atoms with Crippen molar-refractivity contribution in [3.63, 3.8) is 0 Å². The molecule has 0 bridgehead atoms. The molecule has 26 heavy (non-hydrogen) atoms. The van der Waals surface area contributed by atoms with Gasteiger partial charge in [-0.2, -0.15) is 0 Å². The maximum absolute atomic E-state index is 12.5. The maximum atomic E-state index is 12.5. The molecule has 0 radical (unpaired) electrons. The number of amides is 3. The van der Waals surface area contributed by atoms with E-state index >= 15 is 0 Å². The second-order valence-corrected chi connectivity index (χ2v) is 6.76. The van der Waals surface area contributed by atoms with Crippen molar-refractivity contribution in [2.45, 2.75) is 32.1 Å². The number of hydrogen-bond donors (Lipinski definition) is 1. The van der Waals surface area contributed by atoms with Crippen LogP contribution in [0, 0.1) is 0 Å². The minimum Gasteiger partial charge on any atom is -0.497 e. The summed E-state index contributed by atoms with van der Waals surface area (Å²) in [6.07, 6.45) is 8.05. The summed E-state index contributed by atoms with van der Waals surface area (Å²) >= 11 is 0. The van der Waals surface area contributed by atoms with Crippen molar-refractivity contribution in [3.05, 3.63) is 35.9 Å². The number of ether oxygens (including phenoxy) is 1. The molecule has 3 amide bonds. The van der Waals surface area contributed by atoms with Crippen molar-refractivity contribution >= 4 is 17.6 Å². The number of allylic oxidation sites excluding steroid dienone is 1. The Balaban J connectivity index is 1.45. The zero-order valence-corrected chi connectivity index (χ0v) is 15.4. The van der Waals surface area contributed by atoms with E-state index in [2.05, 4.69) is 11.4 Å². The van der Waals surface area contributed by atoms with E-state index in [1.54, 1.807) is 16.9 Å². The van der Waals surface area contributed by atoms with Crippen molar-refractivity contribution in [2.75, 3.05) is 38.2 Å². The van der Waals surface area contributed by atoms with Gasteiger partial charge < -0.3 is 15.0 Å². The third kappa shape index (κ3) is 4.56. The van der Waals surface area contributed by atoms with Crippen LogP contribution in [0.5, 0.6) is 5.75 Å². The molecule has 0 aromatic heterocycles. The van der Waals surface area contributed by atoms with E-state index in [1.807, 2.05) is 24.3 Å². The molecular weight excluding hydrogens is 330 g/mol. The largest absolute Gasteiger partial charge is 0.497 e. The first-order valence-electron chi connectivity index (χ1n) is 9.32. The Hall–Kier alpha value is -2.50. The molecule has 1 aromatic carbocycles. The first kappa shape index (κ1) is 18.3. The van der Waals surface area contributed by atoms with Gasteiger partial charge in [0.25, 0.3) is 0 Å². The summed E-state index contributed by atoms with van der Waals surface area (Å²) in [4.78, 5) is 28.0. The maximum Gasteiger partial charge on any atom is 0.325 e. The number of anilines is 1. The predicted octanol–water partition coefficient (Wildman–Crippen LogP) is 2.94. The number of hydrogen-bond acceptors (Lipinski definition) is 3. The normalized spacial score (nSPS) is 17.3. The van der Waals surface area contributed by atoms with Crippen LogP contribution < -0.4 is 15.0 Å². The fourth-order valence-electron chi connectivity index (χ4n) is 3.45. The molecule has 1 N–H and O–H groups in total. The van der Waals surface area contributed by atoms with Crippen LogP contribution in [0.4, 0.5) is 10.5 Å². The molecule has 1 aromatic rings. The molecule has 0 unspecified atom stereocenters. The lowest BCUT2D eigenvalue weighted by Gasteiger charge is -2.19. The third-order valence-electron chi connectivity index (χ3n) is 4.97. The fraction of sp³-hybridized carbons (Fsp3) is 0.500. The smallest absolute Gasteiger partial charge is 0.325 e. The van der Waals surface area contributed by atoms with E-state index in [9.17, 15) is 9.59 Å². The molecule has 3 rings (SSSR count). The van der Waals surface area contributed by atoms with Gasteiger partial charge in [0.1, 0.15) is 12.3 Å². The summed E-state index contributed by atoms with van der Waals surface area (Å²) in [5.74, 6) is 0.663. The Kier molecular flexibility index (Phi) is 6.15. The van der Waals surface area contributed by atoms with Crippen LogP contribution in [-0.2, 0) is 4.79 Å². The number of benzene rings is 1. The Morgan fingerprint density at radius 1 is 1.19 bits per heavy atom. The molecule has 6 heteroatoms. The molecule has 2 aliphatic rings. The lowest BCUT2D eigenvalue weighted by molar-refractivity contribution is -0.121. The SMILES string of the molecule is COc1ccc(N2CCN(CC(=O)NCCC3=CCCCC3)C2=O)cc1. The summed E-state index contributed by atoms with van der Waals surface area (Å²) in [7, 11) is 1.61. The van der Waals surface area contributed by atoms with E-state index < -0.39 is 0 Å². The third-order valence-corrected chi connectivity index (χ3v) is 4.97. The molecule has 1 heterocycles. The zero-order chi connectivity index (χ0) is 18.4. The number of carbonyl (C=O) groups excluding carboxylic acids is 2. The van der Waals surface area contributed by atoms with Gasteiger partial charge in [-0.25, -0.2) is 4.79 Å². The van der Waals surface area contributed by atoms with E-state index in [4.69, 9.17) is 4.74 Å². The van der Waals surface area contributed by atoms with Crippen LogP contribution in [-0.4, -0.2) is 50.1 Å². The Labute approximate surface area is 154 Å². The molecule has 1 aliphatic carbocycles. The van der Waals surface area contributed by atoms with Gasteiger partial charge in [-0.15, -0.1) is 0 Å². The number of nitrogens with one attached hydrogen (secondary N) is 1. The van der Waals surface area contributed by atoms with Crippen molar-refractivity contribution in [1.29, 1.82) is 0 Å². The molecule has 1 aliphatic heterocycles. The predicted molar refractivity (Wildman–Crippen MR) is 101 cm³/mol. The van der Waals surface area contributed by atoms with Gasteiger partial charge in [0.15, 0.2) is 0 Å². The van der Waals surface area contributed by atoms with Crippen LogP contribution >= 0.6 is 0 Å². The molecule has 140 valence electrons. The van der Waals surface area contributed by atoms with Gasteiger partial charge in [0.2, 0.25) is 5.91 Å².